The number of rotatable bonds is 3. The summed E-state index contributed by atoms with van der Waals surface area (Å²) in [7, 11) is 1.52. The molecule has 1 heterocycles. The number of nitrogens with two attached hydrogens (primary N) is 1. The summed E-state index contributed by atoms with van der Waals surface area (Å²) in [6.07, 6.45) is 2.85. The lowest BCUT2D eigenvalue weighted by Crippen LogP contribution is -2.01. The molecule has 1 aliphatic carbocycles. The predicted octanol–water partition coefficient (Wildman–Crippen LogP) is 3.13. The molecule has 0 saturated heterocycles. The summed E-state index contributed by atoms with van der Waals surface area (Å²) in [5, 5.41) is 0. The van der Waals surface area contributed by atoms with Gasteiger partial charge in [0.2, 0.25) is 0 Å². The zero-order chi connectivity index (χ0) is 13.4. The molecule has 2 atom stereocenters. The van der Waals surface area contributed by atoms with Crippen LogP contribution in [0, 0.1) is 5.82 Å². The first-order valence-electron chi connectivity index (χ1n) is 6.24. The highest BCUT2D eigenvalue weighted by Gasteiger charge is 2.34. The van der Waals surface area contributed by atoms with Crippen molar-refractivity contribution >= 4 is 12.4 Å². The maximum atomic E-state index is 13.4. The fraction of sp³-hybridized carbons (Fsp3) is 0.267. The van der Waals surface area contributed by atoms with E-state index in [1.807, 2.05) is 18.3 Å². The second kappa shape index (κ2) is 5.77. The van der Waals surface area contributed by atoms with Gasteiger partial charge in [-0.2, -0.15) is 0 Å². The van der Waals surface area contributed by atoms with Crippen LogP contribution < -0.4 is 10.5 Å². The van der Waals surface area contributed by atoms with Crippen molar-refractivity contribution in [3.63, 3.8) is 0 Å². The molecule has 2 N–H and O–H groups in total. The molecule has 0 amide bonds. The third-order valence-electron chi connectivity index (χ3n) is 3.46. The Morgan fingerprint density at radius 1 is 1.30 bits per heavy atom. The summed E-state index contributed by atoms with van der Waals surface area (Å²) in [6.45, 7) is 0. The normalized spacial score (nSPS) is 20.1. The number of aromatic nitrogens is 1. The quantitative estimate of drug-likeness (QED) is 0.946. The molecule has 1 aromatic heterocycles. The van der Waals surface area contributed by atoms with Crippen LogP contribution >= 0.6 is 12.4 Å². The van der Waals surface area contributed by atoms with Gasteiger partial charge in [0.1, 0.15) is 11.6 Å². The average molecular weight is 295 g/mol. The molecule has 1 fully saturated rings. The van der Waals surface area contributed by atoms with Crippen molar-refractivity contribution < 1.29 is 9.13 Å². The van der Waals surface area contributed by atoms with Crippen LogP contribution in [0.5, 0.6) is 5.75 Å². The molecule has 0 radical (unpaired) electrons. The lowest BCUT2D eigenvalue weighted by Gasteiger charge is -2.06. The fourth-order valence-electron chi connectivity index (χ4n) is 2.22. The highest BCUT2D eigenvalue weighted by Crippen LogP contribution is 2.39. The van der Waals surface area contributed by atoms with E-state index in [4.69, 9.17) is 10.5 Å². The van der Waals surface area contributed by atoms with E-state index < -0.39 is 0 Å². The Balaban J connectivity index is 0.00000147. The van der Waals surface area contributed by atoms with Crippen LogP contribution in [0.1, 0.15) is 17.9 Å². The largest absolute Gasteiger partial charge is 0.497 e. The van der Waals surface area contributed by atoms with Gasteiger partial charge < -0.3 is 10.5 Å². The smallest absolute Gasteiger partial charge is 0.127 e. The van der Waals surface area contributed by atoms with Crippen molar-refractivity contribution in [3.05, 3.63) is 47.9 Å². The van der Waals surface area contributed by atoms with Crippen LogP contribution in [0.25, 0.3) is 11.3 Å². The minimum Gasteiger partial charge on any atom is -0.497 e. The van der Waals surface area contributed by atoms with Crippen LogP contribution in [0.2, 0.25) is 0 Å². The summed E-state index contributed by atoms with van der Waals surface area (Å²) in [4.78, 5) is 4.38. The van der Waals surface area contributed by atoms with Crippen LogP contribution in [0.15, 0.2) is 36.5 Å². The van der Waals surface area contributed by atoms with Gasteiger partial charge >= 0.3 is 0 Å². The summed E-state index contributed by atoms with van der Waals surface area (Å²) >= 11 is 0. The van der Waals surface area contributed by atoms with Gasteiger partial charge in [0.25, 0.3) is 0 Å². The topological polar surface area (TPSA) is 48.1 Å². The van der Waals surface area contributed by atoms with E-state index >= 15 is 0 Å². The van der Waals surface area contributed by atoms with Crippen molar-refractivity contribution in [1.82, 2.24) is 4.98 Å². The van der Waals surface area contributed by atoms with E-state index in [-0.39, 0.29) is 24.3 Å². The molecule has 3 rings (SSSR count). The van der Waals surface area contributed by atoms with Gasteiger partial charge in [-0.25, -0.2) is 4.39 Å². The van der Waals surface area contributed by atoms with E-state index in [1.54, 1.807) is 6.07 Å². The van der Waals surface area contributed by atoms with Crippen LogP contribution in [-0.4, -0.2) is 18.1 Å². The van der Waals surface area contributed by atoms with E-state index in [1.165, 1.54) is 19.2 Å². The molecule has 0 aliphatic heterocycles. The molecule has 1 aromatic carbocycles. The number of pyridine rings is 1. The number of ether oxygens (including phenoxy) is 1. The second-order valence-electron chi connectivity index (χ2n) is 4.86. The summed E-state index contributed by atoms with van der Waals surface area (Å²) in [5.74, 6) is 0.595. The Labute approximate surface area is 123 Å². The van der Waals surface area contributed by atoms with Gasteiger partial charge in [-0.05, 0) is 30.2 Å². The molecule has 0 bridgehead atoms. The van der Waals surface area contributed by atoms with Crippen LogP contribution in [0.4, 0.5) is 4.39 Å². The zero-order valence-electron chi connectivity index (χ0n) is 11.0. The lowest BCUT2D eigenvalue weighted by molar-refractivity contribution is 0.411. The third-order valence-corrected chi connectivity index (χ3v) is 3.46. The maximum absolute atomic E-state index is 13.4. The Morgan fingerprint density at radius 3 is 2.60 bits per heavy atom. The number of halogens is 2. The van der Waals surface area contributed by atoms with Crippen LogP contribution in [0.3, 0.4) is 0 Å². The van der Waals surface area contributed by atoms with Gasteiger partial charge in [-0.15, -0.1) is 12.4 Å². The Hall–Kier alpha value is -1.65. The van der Waals surface area contributed by atoms with Crippen molar-refractivity contribution in [2.75, 3.05) is 7.11 Å². The SMILES string of the molecule is COc1cc(F)cc(-c2ccc(C3CC3N)cn2)c1.Cl. The molecule has 0 spiro atoms. The van der Waals surface area contributed by atoms with Gasteiger partial charge in [-0.3, -0.25) is 4.98 Å². The van der Waals surface area contributed by atoms with E-state index in [0.717, 1.165) is 17.7 Å². The first-order valence-corrected chi connectivity index (χ1v) is 6.24. The first-order chi connectivity index (χ1) is 9.17. The van der Waals surface area contributed by atoms with Crippen molar-refractivity contribution in [2.45, 2.75) is 18.4 Å². The van der Waals surface area contributed by atoms with Gasteiger partial charge in [0.15, 0.2) is 0 Å². The number of hydrogen-bond donors (Lipinski definition) is 1. The predicted molar refractivity (Wildman–Crippen MR) is 78.8 cm³/mol. The first kappa shape index (κ1) is 14.8. The lowest BCUT2D eigenvalue weighted by atomic mass is 10.1. The molecule has 1 saturated carbocycles. The Morgan fingerprint density at radius 2 is 2.05 bits per heavy atom. The molecule has 2 unspecified atom stereocenters. The number of nitrogens with zero attached hydrogens (tertiary/aromatic N) is 1. The zero-order valence-corrected chi connectivity index (χ0v) is 11.9. The molecule has 5 heteroatoms. The fourth-order valence-corrected chi connectivity index (χ4v) is 2.22. The molecule has 2 aromatic rings. The minimum absolute atomic E-state index is 0. The number of methoxy groups -OCH3 is 1. The van der Waals surface area contributed by atoms with E-state index in [9.17, 15) is 4.39 Å². The molecule has 20 heavy (non-hydrogen) atoms. The number of hydrogen-bond acceptors (Lipinski definition) is 3. The second-order valence-corrected chi connectivity index (χ2v) is 4.86. The van der Waals surface area contributed by atoms with Gasteiger partial charge in [0, 0.05) is 29.8 Å². The van der Waals surface area contributed by atoms with E-state index in [2.05, 4.69) is 4.98 Å². The summed E-state index contributed by atoms with van der Waals surface area (Å²) < 4.78 is 18.5. The summed E-state index contributed by atoms with van der Waals surface area (Å²) in [6, 6.07) is 8.75. The molecule has 106 valence electrons. The summed E-state index contributed by atoms with van der Waals surface area (Å²) in [5.41, 5.74) is 8.41. The monoisotopic (exact) mass is 294 g/mol. The third kappa shape index (κ3) is 2.92. The Kier molecular flexibility index (Phi) is 4.26. The minimum atomic E-state index is -0.329. The van der Waals surface area contributed by atoms with Crippen LogP contribution in [-0.2, 0) is 0 Å². The molecule has 1 aliphatic rings. The van der Waals surface area contributed by atoms with Crippen molar-refractivity contribution in [1.29, 1.82) is 0 Å². The number of benzene rings is 1. The molecule has 3 nitrogen and oxygen atoms in total. The van der Waals surface area contributed by atoms with Gasteiger partial charge in [0.05, 0.1) is 12.8 Å². The van der Waals surface area contributed by atoms with Crippen molar-refractivity contribution in [3.8, 4) is 17.0 Å². The highest BCUT2D eigenvalue weighted by molar-refractivity contribution is 5.85. The van der Waals surface area contributed by atoms with Crippen molar-refractivity contribution in [2.24, 2.45) is 5.73 Å². The van der Waals surface area contributed by atoms with Gasteiger partial charge in [-0.1, -0.05) is 6.07 Å². The average Bonchev–Trinajstić information content (AvgIpc) is 3.15. The van der Waals surface area contributed by atoms with E-state index in [0.29, 0.717) is 17.2 Å². The maximum Gasteiger partial charge on any atom is 0.127 e. The molecular weight excluding hydrogens is 279 g/mol. The standard InChI is InChI=1S/C15H15FN2O.ClH/c1-19-12-5-10(4-11(16)6-12)15-3-2-9(8-18-15)13-7-14(13)17;/h2-6,8,13-14H,7,17H2,1H3;1H. The Bertz CT molecular complexity index is 603. The highest BCUT2D eigenvalue weighted by atomic mass is 35.5. The molecular formula is C15H16ClFN2O.